The van der Waals surface area contributed by atoms with Crippen LogP contribution in [0.4, 0.5) is 0 Å². The van der Waals surface area contributed by atoms with E-state index in [0.717, 1.165) is 29.4 Å². The number of sulfonamides is 1. The van der Waals surface area contributed by atoms with Crippen molar-refractivity contribution in [3.8, 4) is 23.3 Å². The maximum atomic E-state index is 11.9. The van der Waals surface area contributed by atoms with E-state index in [1.165, 1.54) is 10.6 Å². The highest BCUT2D eigenvalue weighted by atomic mass is 35.5. The number of hydrogen-bond donors (Lipinski definition) is 0. The monoisotopic (exact) mass is 507 g/mol. The van der Waals surface area contributed by atoms with Crippen LogP contribution in [0.25, 0.3) is 16.6 Å². The third-order valence-corrected chi connectivity index (χ3v) is 7.37. The summed E-state index contributed by atoms with van der Waals surface area (Å²) < 4.78 is 38.8. The molecule has 2 heterocycles. The molecular formula is C23H23Cl2N3O4S. The second-order valence-corrected chi connectivity index (χ2v) is 10.6. The molecule has 4 rings (SSSR count). The molecule has 33 heavy (non-hydrogen) atoms. The second-order valence-electron chi connectivity index (χ2n) is 7.84. The smallest absolute Gasteiger partial charge is 0.211 e. The van der Waals surface area contributed by atoms with Crippen LogP contribution in [0.5, 0.6) is 11.5 Å². The summed E-state index contributed by atoms with van der Waals surface area (Å²) in [6.07, 6.45) is 4.76. The van der Waals surface area contributed by atoms with Crippen LogP contribution in [0, 0.1) is 11.3 Å². The van der Waals surface area contributed by atoms with Crippen molar-refractivity contribution in [2.75, 3.05) is 31.9 Å². The lowest BCUT2D eigenvalue weighted by Crippen LogP contribution is -2.38. The van der Waals surface area contributed by atoms with Gasteiger partial charge in [-0.15, -0.1) is 11.6 Å². The molecule has 174 valence electrons. The maximum Gasteiger partial charge on any atom is 0.211 e. The molecular weight excluding hydrogens is 485 g/mol. The summed E-state index contributed by atoms with van der Waals surface area (Å²) in [5, 5.41) is 10.8. The number of alkyl halides is 1. The first-order valence-corrected chi connectivity index (χ1v) is 13.2. The van der Waals surface area contributed by atoms with Gasteiger partial charge in [-0.05, 0) is 49.2 Å². The average Bonchev–Trinajstić information content (AvgIpc) is 3.43. The van der Waals surface area contributed by atoms with E-state index >= 15 is 0 Å². The van der Waals surface area contributed by atoms with E-state index in [9.17, 15) is 13.7 Å². The van der Waals surface area contributed by atoms with E-state index in [1.54, 1.807) is 12.1 Å². The fourth-order valence-electron chi connectivity index (χ4n) is 4.13. The summed E-state index contributed by atoms with van der Waals surface area (Å²) in [6.45, 7) is 1.11. The summed E-state index contributed by atoms with van der Waals surface area (Å²) in [6, 6.07) is 13.1. The topological polar surface area (TPSA) is 84.6 Å². The van der Waals surface area contributed by atoms with Crippen LogP contribution < -0.4 is 9.47 Å². The predicted octanol–water partition coefficient (Wildman–Crippen LogP) is 4.58. The van der Waals surface area contributed by atoms with Crippen LogP contribution in [-0.4, -0.2) is 55.2 Å². The van der Waals surface area contributed by atoms with Gasteiger partial charge in [0.25, 0.3) is 0 Å². The zero-order valence-corrected chi connectivity index (χ0v) is 20.3. The number of rotatable bonds is 8. The Morgan fingerprint density at radius 1 is 1.21 bits per heavy atom. The van der Waals surface area contributed by atoms with Crippen LogP contribution in [0.15, 0.2) is 42.6 Å². The van der Waals surface area contributed by atoms with E-state index < -0.39 is 10.0 Å². The number of fused-ring (bicyclic) bond motifs is 1. The number of nitriles is 1. The molecule has 0 bridgehead atoms. The number of hydrogen-bond acceptors (Lipinski definition) is 5. The normalized spacial score (nSPS) is 16.7. The van der Waals surface area contributed by atoms with Gasteiger partial charge in [0.15, 0.2) is 5.75 Å². The van der Waals surface area contributed by atoms with Crippen molar-refractivity contribution in [3.63, 3.8) is 0 Å². The van der Waals surface area contributed by atoms with Gasteiger partial charge in [-0.2, -0.15) is 9.57 Å². The van der Waals surface area contributed by atoms with Crippen molar-refractivity contribution >= 4 is 44.1 Å². The third-order valence-electron chi connectivity index (χ3n) is 5.60. The van der Waals surface area contributed by atoms with Gasteiger partial charge in [-0.3, -0.25) is 0 Å². The number of aromatic nitrogens is 1. The molecule has 1 fully saturated rings. The first-order chi connectivity index (χ1) is 15.8. The van der Waals surface area contributed by atoms with Crippen LogP contribution in [-0.2, 0) is 10.0 Å². The molecule has 0 spiro atoms. The Bertz CT molecular complexity index is 1320. The Balaban J connectivity index is 1.56. The molecule has 1 unspecified atom stereocenters. The highest BCUT2D eigenvalue weighted by Gasteiger charge is 2.31. The van der Waals surface area contributed by atoms with Gasteiger partial charge in [0, 0.05) is 23.8 Å². The third kappa shape index (κ3) is 5.07. The minimum Gasteiger partial charge on any atom is -0.492 e. The molecule has 2 aromatic carbocycles. The lowest BCUT2D eigenvalue weighted by Gasteiger charge is -2.22. The molecule has 3 aromatic rings. The molecule has 1 atom stereocenters. The van der Waals surface area contributed by atoms with Gasteiger partial charge in [0.2, 0.25) is 10.0 Å². The Kier molecular flexibility index (Phi) is 7.05. The molecule has 0 radical (unpaired) electrons. The average molecular weight is 508 g/mol. The standard InChI is InChI=1S/C23H23Cl2N3O4S/c1-33(29,30)28-8-2-3-18(28)15-32-20-4-5-22-16(12-20)6-9-27(22)19-11-17(14-26)23(21(25)13-19)31-10-7-24/h4-6,9,11-13,18H,2-3,7-8,10,15H2,1H3. The van der Waals surface area contributed by atoms with Crippen LogP contribution in [0.2, 0.25) is 5.02 Å². The number of benzene rings is 2. The summed E-state index contributed by atoms with van der Waals surface area (Å²) in [5.74, 6) is 1.29. The molecule has 0 aliphatic carbocycles. The first-order valence-electron chi connectivity index (χ1n) is 10.5. The van der Waals surface area contributed by atoms with Crippen molar-refractivity contribution in [1.82, 2.24) is 8.87 Å². The SMILES string of the molecule is CS(=O)(=O)N1CCCC1COc1ccc2c(ccn2-c2cc(Cl)c(OCCCl)c(C#N)c2)c1. The zero-order chi connectivity index (χ0) is 23.6. The zero-order valence-electron chi connectivity index (χ0n) is 18.0. The molecule has 1 aliphatic rings. The fraction of sp³-hybridized carbons (Fsp3) is 0.348. The molecule has 1 saturated heterocycles. The molecule has 0 amide bonds. The van der Waals surface area contributed by atoms with Crippen molar-refractivity contribution in [2.24, 2.45) is 0 Å². The minimum absolute atomic E-state index is 0.147. The molecule has 7 nitrogen and oxygen atoms in total. The van der Waals surface area contributed by atoms with Gasteiger partial charge in [0.1, 0.15) is 25.0 Å². The Labute approximate surface area is 203 Å². The maximum absolute atomic E-state index is 11.9. The second kappa shape index (κ2) is 9.82. The van der Waals surface area contributed by atoms with Crippen molar-refractivity contribution in [3.05, 3.63) is 53.2 Å². The van der Waals surface area contributed by atoms with E-state index in [-0.39, 0.29) is 12.6 Å². The summed E-state index contributed by atoms with van der Waals surface area (Å²) in [7, 11) is -3.24. The van der Waals surface area contributed by atoms with Crippen molar-refractivity contribution < 1.29 is 17.9 Å². The summed E-state index contributed by atoms with van der Waals surface area (Å²) in [5.41, 5.74) is 1.97. The molecule has 1 aliphatic heterocycles. The van der Waals surface area contributed by atoms with Crippen molar-refractivity contribution in [2.45, 2.75) is 18.9 Å². The number of nitrogens with zero attached hydrogens (tertiary/aromatic N) is 3. The van der Waals surface area contributed by atoms with E-state index in [4.69, 9.17) is 32.7 Å². The van der Waals surface area contributed by atoms with Gasteiger partial charge in [0.05, 0.1) is 34.3 Å². The Morgan fingerprint density at radius 3 is 2.76 bits per heavy atom. The number of halogens is 2. The van der Waals surface area contributed by atoms with Crippen molar-refractivity contribution in [1.29, 1.82) is 5.26 Å². The van der Waals surface area contributed by atoms with Crippen LogP contribution in [0.3, 0.4) is 0 Å². The number of ether oxygens (including phenoxy) is 2. The van der Waals surface area contributed by atoms with Crippen LogP contribution in [0.1, 0.15) is 18.4 Å². The Hall–Kier alpha value is -2.44. The van der Waals surface area contributed by atoms with E-state index in [2.05, 4.69) is 6.07 Å². The summed E-state index contributed by atoms with van der Waals surface area (Å²) in [4.78, 5) is 0. The highest BCUT2D eigenvalue weighted by molar-refractivity contribution is 7.88. The van der Waals surface area contributed by atoms with Gasteiger partial charge >= 0.3 is 0 Å². The van der Waals surface area contributed by atoms with Crippen LogP contribution >= 0.6 is 23.2 Å². The molecule has 10 heteroatoms. The predicted molar refractivity (Wildman–Crippen MR) is 129 cm³/mol. The molecule has 1 aromatic heterocycles. The van der Waals surface area contributed by atoms with E-state index in [1.807, 2.05) is 35.0 Å². The minimum atomic E-state index is -3.24. The quantitative estimate of drug-likeness (QED) is 0.416. The van der Waals surface area contributed by atoms with E-state index in [0.29, 0.717) is 41.1 Å². The van der Waals surface area contributed by atoms with Gasteiger partial charge in [-0.1, -0.05) is 11.6 Å². The highest BCUT2D eigenvalue weighted by Crippen LogP contribution is 2.33. The summed E-state index contributed by atoms with van der Waals surface area (Å²) >= 11 is 12.1. The fourth-order valence-corrected chi connectivity index (χ4v) is 5.64. The van der Waals surface area contributed by atoms with Gasteiger partial charge < -0.3 is 14.0 Å². The lowest BCUT2D eigenvalue weighted by atomic mass is 10.2. The largest absolute Gasteiger partial charge is 0.492 e. The lowest BCUT2D eigenvalue weighted by molar-refractivity contribution is 0.233. The Morgan fingerprint density at radius 2 is 2.03 bits per heavy atom. The van der Waals surface area contributed by atoms with Gasteiger partial charge in [-0.25, -0.2) is 8.42 Å². The molecule has 0 N–H and O–H groups in total. The molecule has 0 saturated carbocycles. The first kappa shape index (κ1) is 23.7.